The molecule has 0 fully saturated rings. The Bertz CT molecular complexity index is 751. The van der Waals surface area contributed by atoms with Crippen LogP contribution in [0.2, 0.25) is 0 Å². The fourth-order valence-corrected chi connectivity index (χ4v) is 2.22. The average molecular weight is 349 g/mol. The number of nitrogens with zero attached hydrogens (tertiary/aromatic N) is 1. The number of phenolic OH excluding ortho intramolecular Hbond substituents is 1. The number of methoxy groups -OCH3 is 1. The Morgan fingerprint density at radius 3 is 2.68 bits per heavy atom. The summed E-state index contributed by atoms with van der Waals surface area (Å²) in [6.07, 6.45) is 0. The minimum atomic E-state index is -0.508. The van der Waals surface area contributed by atoms with E-state index in [1.807, 2.05) is 6.92 Å². The molecule has 5 nitrogen and oxygen atoms in total. The lowest BCUT2D eigenvalue weighted by atomic mass is 10.2. The second-order valence-corrected chi connectivity index (χ2v) is 5.25. The van der Waals surface area contributed by atoms with E-state index in [2.05, 4.69) is 15.6 Å². The third-order valence-electron chi connectivity index (χ3n) is 3.51. The van der Waals surface area contributed by atoms with Crippen molar-refractivity contribution in [2.75, 3.05) is 13.7 Å². The largest absolute Gasteiger partial charge is 0.504 e. The number of ether oxygens (including phenoxy) is 1. The highest BCUT2D eigenvalue weighted by molar-refractivity contribution is 5.79. The van der Waals surface area contributed by atoms with Crippen molar-refractivity contribution in [1.29, 1.82) is 0 Å². The van der Waals surface area contributed by atoms with Crippen LogP contribution in [0.5, 0.6) is 11.5 Å². The van der Waals surface area contributed by atoms with Gasteiger partial charge in [0.2, 0.25) is 0 Å². The molecule has 0 aromatic heterocycles. The molecule has 0 saturated heterocycles. The molecule has 2 rings (SSSR count). The van der Waals surface area contributed by atoms with Gasteiger partial charge in [-0.25, -0.2) is 13.8 Å². The normalized spacial score (nSPS) is 11.3. The molecule has 0 saturated carbocycles. The Hall–Kier alpha value is -2.83. The summed E-state index contributed by atoms with van der Waals surface area (Å²) < 4.78 is 32.0. The number of hydrogen-bond acceptors (Lipinski definition) is 3. The number of halogens is 2. The van der Waals surface area contributed by atoms with Crippen molar-refractivity contribution >= 4 is 5.96 Å². The third kappa shape index (κ3) is 5.07. The van der Waals surface area contributed by atoms with E-state index in [4.69, 9.17) is 4.74 Å². The number of benzene rings is 2. The van der Waals surface area contributed by atoms with Gasteiger partial charge in [0.15, 0.2) is 17.5 Å². The molecular weight excluding hydrogens is 328 g/mol. The Morgan fingerprint density at radius 2 is 1.96 bits per heavy atom. The first-order valence-corrected chi connectivity index (χ1v) is 7.86. The van der Waals surface area contributed by atoms with Gasteiger partial charge in [0.25, 0.3) is 0 Å². The molecular formula is C18H21F2N3O2. The molecule has 7 heteroatoms. The highest BCUT2D eigenvalue weighted by atomic mass is 19.1. The van der Waals surface area contributed by atoms with E-state index in [9.17, 15) is 13.9 Å². The first-order valence-electron chi connectivity index (χ1n) is 7.86. The Kier molecular flexibility index (Phi) is 6.56. The van der Waals surface area contributed by atoms with Crippen LogP contribution in [0, 0.1) is 11.6 Å². The Morgan fingerprint density at radius 1 is 1.16 bits per heavy atom. The van der Waals surface area contributed by atoms with Crippen LogP contribution < -0.4 is 15.4 Å². The summed E-state index contributed by atoms with van der Waals surface area (Å²) in [5.74, 6) is -0.168. The van der Waals surface area contributed by atoms with Crippen LogP contribution in [-0.2, 0) is 13.1 Å². The molecule has 0 aliphatic carbocycles. The zero-order valence-electron chi connectivity index (χ0n) is 14.1. The van der Waals surface area contributed by atoms with Crippen molar-refractivity contribution in [2.24, 2.45) is 4.99 Å². The van der Waals surface area contributed by atoms with Crippen LogP contribution in [0.15, 0.2) is 41.4 Å². The van der Waals surface area contributed by atoms with Crippen molar-refractivity contribution in [3.63, 3.8) is 0 Å². The van der Waals surface area contributed by atoms with Gasteiger partial charge >= 0.3 is 0 Å². The molecule has 25 heavy (non-hydrogen) atoms. The molecule has 0 heterocycles. The van der Waals surface area contributed by atoms with Gasteiger partial charge in [-0.05, 0) is 31.2 Å². The first-order chi connectivity index (χ1) is 12.0. The van der Waals surface area contributed by atoms with Crippen molar-refractivity contribution in [3.8, 4) is 11.5 Å². The summed E-state index contributed by atoms with van der Waals surface area (Å²) in [4.78, 5) is 4.25. The molecule has 0 unspecified atom stereocenters. The lowest BCUT2D eigenvalue weighted by molar-refractivity contribution is 0.370. The van der Waals surface area contributed by atoms with Crippen LogP contribution in [0.3, 0.4) is 0 Å². The predicted octanol–water partition coefficient (Wildman–Crippen LogP) is 2.93. The number of phenols is 1. The van der Waals surface area contributed by atoms with E-state index in [1.54, 1.807) is 18.2 Å². The number of nitrogens with one attached hydrogen (secondary N) is 2. The van der Waals surface area contributed by atoms with E-state index in [-0.39, 0.29) is 17.9 Å². The van der Waals surface area contributed by atoms with Gasteiger partial charge in [-0.1, -0.05) is 12.1 Å². The number of aromatic hydroxyl groups is 1. The van der Waals surface area contributed by atoms with E-state index in [0.29, 0.717) is 30.4 Å². The third-order valence-corrected chi connectivity index (χ3v) is 3.51. The lowest BCUT2D eigenvalue weighted by Crippen LogP contribution is -2.36. The zero-order valence-corrected chi connectivity index (χ0v) is 14.1. The smallest absolute Gasteiger partial charge is 0.191 e. The van der Waals surface area contributed by atoms with Gasteiger partial charge in [0, 0.05) is 24.2 Å². The molecule has 0 spiro atoms. The van der Waals surface area contributed by atoms with Gasteiger partial charge < -0.3 is 20.5 Å². The van der Waals surface area contributed by atoms with Crippen LogP contribution in [-0.4, -0.2) is 24.7 Å². The molecule has 0 atom stereocenters. The molecule has 0 aliphatic rings. The molecule has 134 valence electrons. The van der Waals surface area contributed by atoms with E-state index >= 15 is 0 Å². The molecule has 0 amide bonds. The number of rotatable bonds is 6. The predicted molar refractivity (Wildman–Crippen MR) is 92.7 cm³/mol. The van der Waals surface area contributed by atoms with Gasteiger partial charge in [-0.3, -0.25) is 0 Å². The number of guanidine groups is 1. The van der Waals surface area contributed by atoms with Gasteiger partial charge in [0.1, 0.15) is 11.6 Å². The Balaban J connectivity index is 2.09. The number of aliphatic imine (C=N–C) groups is 1. The van der Waals surface area contributed by atoms with Crippen molar-refractivity contribution < 1.29 is 18.6 Å². The topological polar surface area (TPSA) is 65.9 Å². The summed E-state index contributed by atoms with van der Waals surface area (Å²) in [7, 11) is 1.48. The second-order valence-electron chi connectivity index (χ2n) is 5.25. The van der Waals surface area contributed by atoms with Crippen molar-refractivity contribution in [3.05, 3.63) is 59.2 Å². The SMILES string of the molecule is CCNC(=NCc1cc(F)ccc1F)NCc1cccc(OC)c1O. The maximum Gasteiger partial charge on any atom is 0.191 e. The molecule has 3 N–H and O–H groups in total. The monoisotopic (exact) mass is 349 g/mol. The fourth-order valence-electron chi connectivity index (χ4n) is 2.22. The average Bonchev–Trinajstić information content (AvgIpc) is 2.61. The van der Waals surface area contributed by atoms with E-state index in [1.165, 1.54) is 7.11 Å². The molecule has 2 aromatic rings. The summed E-state index contributed by atoms with van der Waals surface area (Å²) in [6, 6.07) is 8.44. The number of hydrogen-bond donors (Lipinski definition) is 3. The summed E-state index contributed by atoms with van der Waals surface area (Å²) >= 11 is 0. The van der Waals surface area contributed by atoms with Crippen LogP contribution in [0.1, 0.15) is 18.1 Å². The maximum atomic E-state index is 13.7. The minimum Gasteiger partial charge on any atom is -0.504 e. The van der Waals surface area contributed by atoms with Crippen LogP contribution in [0.4, 0.5) is 8.78 Å². The summed E-state index contributed by atoms with van der Waals surface area (Å²) in [5, 5.41) is 16.1. The standard InChI is InChI=1S/C18H21F2N3O2/c1-3-21-18(23-11-13-9-14(19)7-8-15(13)20)22-10-12-5-4-6-16(25-2)17(12)24/h4-9,24H,3,10-11H2,1-2H3,(H2,21,22,23). The zero-order chi connectivity index (χ0) is 18.2. The second kappa shape index (κ2) is 8.86. The van der Waals surface area contributed by atoms with Gasteiger partial charge in [0.05, 0.1) is 13.7 Å². The molecule has 2 aromatic carbocycles. The molecule has 0 bridgehead atoms. The minimum absolute atomic E-state index is 0.0109. The quantitative estimate of drug-likeness (QED) is 0.554. The summed E-state index contributed by atoms with van der Waals surface area (Å²) in [6.45, 7) is 2.77. The maximum absolute atomic E-state index is 13.7. The van der Waals surface area contributed by atoms with Crippen LogP contribution >= 0.6 is 0 Å². The highest BCUT2D eigenvalue weighted by Crippen LogP contribution is 2.29. The van der Waals surface area contributed by atoms with E-state index in [0.717, 1.165) is 18.2 Å². The molecule has 0 aliphatic heterocycles. The number of para-hydroxylation sites is 1. The lowest BCUT2D eigenvalue weighted by Gasteiger charge is -2.13. The van der Waals surface area contributed by atoms with Crippen molar-refractivity contribution in [2.45, 2.75) is 20.0 Å². The Labute approximate surface area is 145 Å². The van der Waals surface area contributed by atoms with Gasteiger partial charge in [-0.2, -0.15) is 0 Å². The molecule has 0 radical (unpaired) electrons. The fraction of sp³-hybridized carbons (Fsp3) is 0.278. The van der Waals surface area contributed by atoms with E-state index < -0.39 is 11.6 Å². The van der Waals surface area contributed by atoms with Crippen LogP contribution in [0.25, 0.3) is 0 Å². The summed E-state index contributed by atoms with van der Waals surface area (Å²) in [5.41, 5.74) is 0.795. The highest BCUT2D eigenvalue weighted by Gasteiger charge is 2.08. The van der Waals surface area contributed by atoms with Crippen molar-refractivity contribution in [1.82, 2.24) is 10.6 Å². The van der Waals surface area contributed by atoms with Gasteiger partial charge in [-0.15, -0.1) is 0 Å². The first kappa shape index (κ1) is 18.5.